The van der Waals surface area contributed by atoms with Crippen LogP contribution in [-0.4, -0.2) is 38.9 Å². The molecular weight excluding hydrogens is 314 g/mol. The fraction of sp³-hybridized carbons (Fsp3) is 0.267. The van der Waals surface area contributed by atoms with Gasteiger partial charge in [-0.2, -0.15) is 5.10 Å². The molecule has 0 atom stereocenters. The van der Waals surface area contributed by atoms with E-state index in [1.54, 1.807) is 28.4 Å². The lowest BCUT2D eigenvalue weighted by Gasteiger charge is -2.04. The van der Waals surface area contributed by atoms with Crippen LogP contribution in [0.2, 0.25) is 0 Å². The van der Waals surface area contributed by atoms with Gasteiger partial charge in [0.05, 0.1) is 28.7 Å². The van der Waals surface area contributed by atoms with Crippen LogP contribution >= 0.6 is 11.3 Å². The van der Waals surface area contributed by atoms with Gasteiger partial charge in [-0.1, -0.05) is 0 Å². The molecule has 23 heavy (non-hydrogen) atoms. The molecule has 3 aromatic rings. The van der Waals surface area contributed by atoms with Gasteiger partial charge >= 0.3 is 0 Å². The van der Waals surface area contributed by atoms with E-state index in [1.165, 1.54) is 4.70 Å². The molecule has 8 heteroatoms. The number of thiophene rings is 1. The quantitative estimate of drug-likeness (QED) is 0.605. The highest BCUT2D eigenvalue weighted by Gasteiger charge is 2.05. The predicted molar refractivity (Wildman–Crippen MR) is 89.3 cm³/mol. The van der Waals surface area contributed by atoms with E-state index >= 15 is 0 Å². The Morgan fingerprint density at radius 1 is 1.39 bits per heavy atom. The van der Waals surface area contributed by atoms with Crippen molar-refractivity contribution in [1.82, 2.24) is 20.1 Å². The van der Waals surface area contributed by atoms with Gasteiger partial charge in [-0.25, -0.2) is 0 Å². The van der Waals surface area contributed by atoms with E-state index in [-0.39, 0.29) is 25.6 Å². The average molecular weight is 331 g/mol. The van der Waals surface area contributed by atoms with E-state index in [0.29, 0.717) is 6.54 Å². The fourth-order valence-corrected chi connectivity index (χ4v) is 2.93. The van der Waals surface area contributed by atoms with Crippen molar-refractivity contribution in [3.05, 3.63) is 41.7 Å². The molecule has 0 aliphatic carbocycles. The van der Waals surface area contributed by atoms with Crippen molar-refractivity contribution < 1.29 is 9.90 Å². The Morgan fingerprint density at radius 2 is 2.30 bits per heavy atom. The summed E-state index contributed by atoms with van der Waals surface area (Å²) in [6.45, 7) is 0.956. The van der Waals surface area contributed by atoms with Crippen molar-refractivity contribution in [3.63, 3.8) is 0 Å². The number of nitrogens with one attached hydrogen (secondary N) is 2. The summed E-state index contributed by atoms with van der Waals surface area (Å²) in [5.41, 5.74) is 2.94. The van der Waals surface area contributed by atoms with Crippen LogP contribution in [0.5, 0.6) is 0 Å². The number of pyridine rings is 1. The zero-order valence-corrected chi connectivity index (χ0v) is 13.2. The minimum atomic E-state index is -0.180. The lowest BCUT2D eigenvalue weighted by atomic mass is 10.2. The topological polar surface area (TPSA) is 92.1 Å². The summed E-state index contributed by atoms with van der Waals surface area (Å²) in [5.74, 6) is -0.180. The van der Waals surface area contributed by atoms with Crippen molar-refractivity contribution in [3.8, 4) is 0 Å². The first-order chi connectivity index (χ1) is 11.2. The Bertz CT molecular complexity index is 798. The molecule has 0 spiro atoms. The number of carbonyl (C=O) groups is 1. The van der Waals surface area contributed by atoms with Crippen LogP contribution in [0.1, 0.15) is 5.56 Å². The number of rotatable bonds is 7. The highest BCUT2D eigenvalue weighted by molar-refractivity contribution is 7.17. The van der Waals surface area contributed by atoms with Crippen molar-refractivity contribution >= 4 is 33.1 Å². The largest absolute Gasteiger partial charge is 0.395 e. The van der Waals surface area contributed by atoms with Gasteiger partial charge in [0.25, 0.3) is 0 Å². The highest BCUT2D eigenvalue weighted by Crippen LogP contribution is 2.20. The molecule has 0 aromatic carbocycles. The number of aliphatic hydroxyl groups excluding tert-OH is 1. The minimum absolute atomic E-state index is 0.0692. The Balaban J connectivity index is 1.55. The monoisotopic (exact) mass is 331 g/mol. The summed E-state index contributed by atoms with van der Waals surface area (Å²) in [4.78, 5) is 16.0. The first-order valence-electron chi connectivity index (χ1n) is 7.20. The van der Waals surface area contributed by atoms with E-state index < -0.39 is 0 Å². The van der Waals surface area contributed by atoms with E-state index in [4.69, 9.17) is 5.11 Å². The van der Waals surface area contributed by atoms with Gasteiger partial charge in [0, 0.05) is 25.5 Å². The maximum Gasteiger partial charge on any atom is 0.241 e. The molecule has 0 fully saturated rings. The van der Waals surface area contributed by atoms with Gasteiger partial charge < -0.3 is 15.7 Å². The molecule has 0 unspecified atom stereocenters. The second kappa shape index (κ2) is 7.21. The Hall–Kier alpha value is -2.45. The van der Waals surface area contributed by atoms with Crippen molar-refractivity contribution in [2.75, 3.05) is 18.5 Å². The maximum atomic E-state index is 11.5. The standard InChI is InChI=1S/C15H17N5O2S/c21-3-2-16-15(22)10-20-9-12(8-19-20)17-6-11-5-14-13(18-7-11)1-4-23-14/h1,4-5,7-9,17,21H,2-3,6,10H2,(H,16,22). The third-order valence-electron chi connectivity index (χ3n) is 3.23. The van der Waals surface area contributed by atoms with Crippen molar-refractivity contribution in [2.24, 2.45) is 0 Å². The van der Waals surface area contributed by atoms with E-state index in [0.717, 1.165) is 16.8 Å². The molecule has 0 aliphatic rings. The number of hydrogen-bond donors (Lipinski definition) is 3. The third kappa shape index (κ3) is 4.05. The minimum Gasteiger partial charge on any atom is -0.395 e. The van der Waals surface area contributed by atoms with Crippen LogP contribution in [0.15, 0.2) is 36.1 Å². The Morgan fingerprint density at radius 3 is 3.17 bits per heavy atom. The zero-order chi connectivity index (χ0) is 16.1. The van der Waals surface area contributed by atoms with Crippen molar-refractivity contribution in [2.45, 2.75) is 13.1 Å². The van der Waals surface area contributed by atoms with Gasteiger partial charge in [-0.3, -0.25) is 14.5 Å². The molecule has 7 nitrogen and oxygen atoms in total. The van der Waals surface area contributed by atoms with E-state index in [2.05, 4.69) is 26.8 Å². The summed E-state index contributed by atoms with van der Waals surface area (Å²) in [6, 6.07) is 4.12. The van der Waals surface area contributed by atoms with Crippen LogP contribution in [0.4, 0.5) is 5.69 Å². The number of nitrogens with zero attached hydrogens (tertiary/aromatic N) is 3. The predicted octanol–water partition coefficient (Wildman–Crippen LogP) is 1.21. The highest BCUT2D eigenvalue weighted by atomic mass is 32.1. The smallest absolute Gasteiger partial charge is 0.241 e. The molecular formula is C15H17N5O2S. The van der Waals surface area contributed by atoms with Gasteiger partial charge in [0.1, 0.15) is 6.54 Å². The summed E-state index contributed by atoms with van der Waals surface area (Å²) in [6.07, 6.45) is 5.31. The van der Waals surface area contributed by atoms with Crippen LogP contribution < -0.4 is 10.6 Å². The SMILES string of the molecule is O=C(Cn1cc(NCc2cnc3ccsc3c2)cn1)NCCO. The summed E-state index contributed by atoms with van der Waals surface area (Å²) >= 11 is 1.67. The number of hydrogen-bond acceptors (Lipinski definition) is 6. The zero-order valence-electron chi connectivity index (χ0n) is 12.4. The Kier molecular flexibility index (Phi) is 4.84. The van der Waals surface area contributed by atoms with Gasteiger partial charge in [-0.05, 0) is 23.1 Å². The number of fused-ring (bicyclic) bond motifs is 1. The lowest BCUT2D eigenvalue weighted by molar-refractivity contribution is -0.122. The van der Waals surface area contributed by atoms with E-state index in [9.17, 15) is 4.79 Å². The summed E-state index contributed by atoms with van der Waals surface area (Å²) < 4.78 is 2.72. The average Bonchev–Trinajstić information content (AvgIpc) is 3.19. The first-order valence-corrected chi connectivity index (χ1v) is 8.08. The molecule has 0 radical (unpaired) electrons. The number of carbonyl (C=O) groups excluding carboxylic acids is 1. The number of aliphatic hydroxyl groups is 1. The second-order valence-electron chi connectivity index (χ2n) is 5.00. The molecule has 3 N–H and O–H groups in total. The van der Waals surface area contributed by atoms with Crippen LogP contribution in [0.25, 0.3) is 10.2 Å². The molecule has 0 saturated heterocycles. The van der Waals surface area contributed by atoms with Crippen LogP contribution in [-0.2, 0) is 17.9 Å². The molecule has 3 aromatic heterocycles. The van der Waals surface area contributed by atoms with Crippen LogP contribution in [0.3, 0.4) is 0 Å². The number of anilines is 1. The molecule has 0 saturated carbocycles. The third-order valence-corrected chi connectivity index (χ3v) is 4.08. The molecule has 1 amide bonds. The number of aromatic nitrogens is 3. The van der Waals surface area contributed by atoms with Gasteiger partial charge in [0.2, 0.25) is 5.91 Å². The molecule has 0 bridgehead atoms. The fourth-order valence-electron chi connectivity index (χ4n) is 2.13. The first kappa shape index (κ1) is 15.4. The molecule has 120 valence electrons. The molecule has 3 heterocycles. The Labute approximate surface area is 137 Å². The molecule has 3 rings (SSSR count). The maximum absolute atomic E-state index is 11.5. The summed E-state index contributed by atoms with van der Waals surface area (Å²) in [7, 11) is 0. The van der Waals surface area contributed by atoms with Gasteiger partial charge in [0.15, 0.2) is 0 Å². The second-order valence-corrected chi connectivity index (χ2v) is 5.95. The molecule has 0 aliphatic heterocycles. The number of amides is 1. The normalized spacial score (nSPS) is 10.8. The van der Waals surface area contributed by atoms with Crippen molar-refractivity contribution in [1.29, 1.82) is 0 Å². The van der Waals surface area contributed by atoms with E-state index in [1.807, 2.05) is 17.6 Å². The lowest BCUT2D eigenvalue weighted by Crippen LogP contribution is -2.30. The summed E-state index contributed by atoms with van der Waals surface area (Å²) in [5, 5.41) is 20.7. The van der Waals surface area contributed by atoms with Gasteiger partial charge in [-0.15, -0.1) is 11.3 Å². The van der Waals surface area contributed by atoms with Crippen LogP contribution in [0, 0.1) is 0 Å².